The lowest BCUT2D eigenvalue weighted by molar-refractivity contribution is -0.318. The summed E-state index contributed by atoms with van der Waals surface area (Å²) in [5.74, 6) is -1.22. The Kier molecular flexibility index (Phi) is 10.2. The van der Waals surface area contributed by atoms with E-state index < -0.39 is 91.2 Å². The van der Waals surface area contributed by atoms with E-state index in [4.69, 9.17) is 41.9 Å². The Balaban J connectivity index is 1.35. The Labute approximate surface area is 244 Å². The van der Waals surface area contributed by atoms with Gasteiger partial charge in [-0.2, -0.15) is 0 Å². The third-order valence-electron chi connectivity index (χ3n) is 9.52. The van der Waals surface area contributed by atoms with Gasteiger partial charge in [0.05, 0.1) is 30.9 Å². The summed E-state index contributed by atoms with van der Waals surface area (Å²) in [4.78, 5) is 13.0. The van der Waals surface area contributed by atoms with E-state index in [1.807, 2.05) is 0 Å². The second-order valence-electron chi connectivity index (χ2n) is 12.6. The van der Waals surface area contributed by atoms with E-state index in [2.05, 4.69) is 10.6 Å². The third kappa shape index (κ3) is 6.54. The number of nitrogens with one attached hydrogen (secondary N) is 2. The monoisotopic (exact) mass is 604 g/mol. The largest absolute Gasteiger partial charge is 0.394 e. The first kappa shape index (κ1) is 32.5. The molecule has 42 heavy (non-hydrogen) atoms. The van der Waals surface area contributed by atoms with Gasteiger partial charge in [0, 0.05) is 50.6 Å². The summed E-state index contributed by atoms with van der Waals surface area (Å²) >= 11 is 0. The average Bonchev–Trinajstić information content (AvgIpc) is 3.57. The third-order valence-corrected chi connectivity index (χ3v) is 9.52. The molecule has 5 aliphatic rings. The van der Waals surface area contributed by atoms with Crippen LogP contribution in [0.4, 0.5) is 0 Å². The number of carbonyl (C=O) groups excluding carboxylic acids is 1. The summed E-state index contributed by atoms with van der Waals surface area (Å²) in [5, 5.41) is 59.6. The number of hydrogen-bond acceptors (Lipinski definition) is 16. The number of aliphatic hydroxyl groups excluding tert-OH is 4. The van der Waals surface area contributed by atoms with Gasteiger partial charge in [-0.1, -0.05) is 0 Å². The molecule has 3 aliphatic heterocycles. The topological polar surface area (TPSA) is 283 Å². The van der Waals surface area contributed by atoms with Crippen LogP contribution in [0.25, 0.3) is 0 Å². The fraction of sp³-hybridized carbons (Fsp3) is 0.962. The molecule has 2 aliphatic carbocycles. The number of hydrogen-bond donors (Lipinski definition) is 11. The molecule has 5 fully saturated rings. The number of ketones is 1. The van der Waals surface area contributed by atoms with Crippen LogP contribution in [0.15, 0.2) is 0 Å². The molecule has 242 valence electrons. The normalized spacial score (nSPS) is 49.8. The predicted octanol–water partition coefficient (Wildman–Crippen LogP) is -5.95. The molecule has 0 amide bonds. The molecule has 16 nitrogen and oxygen atoms in total. The van der Waals surface area contributed by atoms with Gasteiger partial charge < -0.3 is 78.0 Å². The van der Waals surface area contributed by atoms with E-state index in [-0.39, 0.29) is 37.5 Å². The fourth-order valence-electron chi connectivity index (χ4n) is 6.48. The molecule has 16 heteroatoms. The van der Waals surface area contributed by atoms with Crippen molar-refractivity contribution < 1.29 is 49.3 Å². The molecular weight excluding hydrogens is 556 g/mol. The number of Topliss-reactive ketones (excluding diaryl/α,β-unsaturated/α-hetero) is 1. The van der Waals surface area contributed by atoms with Gasteiger partial charge in [0.2, 0.25) is 0 Å². The van der Waals surface area contributed by atoms with Crippen LogP contribution in [-0.4, -0.2) is 149 Å². The summed E-state index contributed by atoms with van der Waals surface area (Å²) in [6.45, 7) is 1.33. The average molecular weight is 605 g/mol. The van der Waals surface area contributed by atoms with Crippen molar-refractivity contribution >= 4 is 5.78 Å². The summed E-state index contributed by atoms with van der Waals surface area (Å²) in [6, 6.07) is -2.57. The zero-order chi connectivity index (χ0) is 30.3. The highest BCUT2D eigenvalue weighted by atomic mass is 16.7. The standard InChI is InChI=1S/C26H48N6O10/c27-6-12-1-2-14(32-11-7-31-8-11)24(39-12)42-23-13(28)3-10(4-17(34)26(38)5-16(26)29)22(21(23)37)41-25-20(36)18(30)19(35)15(9-33)40-25/h10-16,18-25,31-33,35-38H,1-9,27-30H2/t10-,12-,13-,14+,15+,16?,18-,19+,20+,21+,22-,23?,24+,25+,26?/m0/s1. The zero-order valence-corrected chi connectivity index (χ0v) is 23.6. The van der Waals surface area contributed by atoms with Crippen LogP contribution in [-0.2, 0) is 23.7 Å². The van der Waals surface area contributed by atoms with Crippen LogP contribution in [0.5, 0.6) is 0 Å². The molecule has 0 aromatic rings. The van der Waals surface area contributed by atoms with Crippen molar-refractivity contribution in [3.8, 4) is 0 Å². The lowest BCUT2D eigenvalue weighted by Crippen LogP contribution is -2.67. The maximum absolute atomic E-state index is 13.0. The number of rotatable bonds is 11. The molecule has 0 aromatic heterocycles. The van der Waals surface area contributed by atoms with Crippen LogP contribution in [0, 0.1) is 5.92 Å². The minimum Gasteiger partial charge on any atom is -0.394 e. The molecular formula is C26H48N6O10. The molecule has 0 radical (unpaired) electrons. The highest BCUT2D eigenvalue weighted by Gasteiger charge is 2.58. The van der Waals surface area contributed by atoms with Crippen molar-refractivity contribution in [2.24, 2.45) is 28.9 Å². The number of ether oxygens (including phenoxy) is 4. The first-order valence-corrected chi connectivity index (χ1v) is 14.9. The maximum Gasteiger partial charge on any atom is 0.186 e. The summed E-state index contributed by atoms with van der Waals surface area (Å²) in [6.07, 6.45) is -8.53. The van der Waals surface area contributed by atoms with Gasteiger partial charge >= 0.3 is 0 Å². The molecule has 3 saturated heterocycles. The van der Waals surface area contributed by atoms with Gasteiger partial charge in [0.15, 0.2) is 18.4 Å². The van der Waals surface area contributed by atoms with Crippen LogP contribution >= 0.6 is 0 Å². The van der Waals surface area contributed by atoms with Crippen molar-refractivity contribution in [2.45, 2.75) is 123 Å². The molecule has 3 heterocycles. The summed E-state index contributed by atoms with van der Waals surface area (Å²) in [7, 11) is 0. The van der Waals surface area contributed by atoms with E-state index in [0.717, 1.165) is 25.9 Å². The molecule has 2 saturated carbocycles. The van der Waals surface area contributed by atoms with E-state index in [1.165, 1.54) is 0 Å². The number of aliphatic hydroxyl groups is 5. The quantitative estimate of drug-likeness (QED) is 0.105. The van der Waals surface area contributed by atoms with Crippen LogP contribution in [0.1, 0.15) is 32.1 Å². The lowest BCUT2D eigenvalue weighted by Gasteiger charge is -2.49. The van der Waals surface area contributed by atoms with Crippen LogP contribution < -0.4 is 33.6 Å². The van der Waals surface area contributed by atoms with Gasteiger partial charge in [-0.15, -0.1) is 0 Å². The molecule has 3 unspecified atom stereocenters. The Morgan fingerprint density at radius 2 is 1.69 bits per heavy atom. The maximum atomic E-state index is 13.0. The van der Waals surface area contributed by atoms with E-state index in [0.29, 0.717) is 6.54 Å². The highest BCUT2D eigenvalue weighted by molar-refractivity contribution is 5.91. The number of carbonyl (C=O) groups is 1. The second kappa shape index (κ2) is 13.2. The van der Waals surface area contributed by atoms with Crippen LogP contribution in [0.3, 0.4) is 0 Å². The molecule has 0 spiro atoms. The number of nitrogens with two attached hydrogens (primary N) is 4. The summed E-state index contributed by atoms with van der Waals surface area (Å²) < 4.78 is 24.2. The SMILES string of the molecule is NC[C@@H]1CC[C@@H](NC2CNC2)[C@@H](OC2[C@@H](N)C[C@@H](CC(=O)C3(O)CC3N)[C@H](O[C@H]3O[C@H](CO)[C@@H](O)[C@H](N)[C@H]3O)[C@H]2O)O1. The van der Waals surface area contributed by atoms with Crippen molar-refractivity contribution in [2.75, 3.05) is 26.2 Å². The highest BCUT2D eigenvalue weighted by Crippen LogP contribution is 2.41. The molecule has 15 N–H and O–H groups in total. The fourth-order valence-corrected chi connectivity index (χ4v) is 6.48. The summed E-state index contributed by atoms with van der Waals surface area (Å²) in [5.41, 5.74) is 22.5. The Morgan fingerprint density at radius 3 is 2.29 bits per heavy atom. The second-order valence-corrected chi connectivity index (χ2v) is 12.6. The van der Waals surface area contributed by atoms with Gasteiger partial charge in [-0.05, 0) is 25.2 Å². The molecule has 0 bridgehead atoms. The van der Waals surface area contributed by atoms with Crippen molar-refractivity contribution in [1.29, 1.82) is 0 Å². The van der Waals surface area contributed by atoms with Gasteiger partial charge in [0.25, 0.3) is 0 Å². The smallest absolute Gasteiger partial charge is 0.186 e. The van der Waals surface area contributed by atoms with Crippen molar-refractivity contribution in [3.63, 3.8) is 0 Å². The minimum absolute atomic E-state index is 0.131. The van der Waals surface area contributed by atoms with Gasteiger partial charge in [0.1, 0.15) is 36.1 Å². The molecule has 5 rings (SSSR count). The molecule has 15 atom stereocenters. The minimum atomic E-state index is -1.65. The van der Waals surface area contributed by atoms with Crippen molar-refractivity contribution in [1.82, 2.24) is 10.6 Å². The van der Waals surface area contributed by atoms with E-state index in [9.17, 15) is 30.3 Å². The van der Waals surface area contributed by atoms with E-state index >= 15 is 0 Å². The van der Waals surface area contributed by atoms with Crippen LogP contribution in [0.2, 0.25) is 0 Å². The molecule has 0 aromatic carbocycles. The Morgan fingerprint density at radius 1 is 1.00 bits per heavy atom. The lowest BCUT2D eigenvalue weighted by atomic mass is 9.76. The van der Waals surface area contributed by atoms with E-state index in [1.54, 1.807) is 0 Å². The van der Waals surface area contributed by atoms with Crippen molar-refractivity contribution in [3.05, 3.63) is 0 Å². The Hall–Kier alpha value is -0.930. The first-order chi connectivity index (χ1) is 20.0. The first-order valence-electron chi connectivity index (χ1n) is 14.9. The Bertz CT molecular complexity index is 934. The predicted molar refractivity (Wildman–Crippen MR) is 145 cm³/mol. The van der Waals surface area contributed by atoms with Gasteiger partial charge in [-0.3, -0.25) is 4.79 Å². The van der Waals surface area contributed by atoms with Gasteiger partial charge in [-0.25, -0.2) is 0 Å². The zero-order valence-electron chi connectivity index (χ0n) is 23.6.